The zero-order valence-corrected chi connectivity index (χ0v) is 17.5. The molecule has 0 aromatic carbocycles. The van der Waals surface area contributed by atoms with Gasteiger partial charge in [-0.25, -0.2) is 0 Å². The number of hydrogen-bond acceptors (Lipinski definition) is 4. The van der Waals surface area contributed by atoms with Gasteiger partial charge in [0, 0.05) is 5.70 Å². The van der Waals surface area contributed by atoms with Crippen molar-refractivity contribution >= 4 is 37.4 Å². The standard InChI is InChI=1S/C15H30N2OS2Si/c1-13(2,3)21(8,9)18-17-14(4,5)11(10-12(19)20)16-15(17,6)7/h10,16H,1-9H3,(H,19,20)/b11-10-. The molecule has 1 aliphatic rings. The van der Waals surface area contributed by atoms with Gasteiger partial charge in [-0.15, -0.1) is 12.6 Å². The lowest BCUT2D eigenvalue weighted by Gasteiger charge is -2.46. The fourth-order valence-electron chi connectivity index (χ4n) is 2.27. The second-order valence-electron chi connectivity index (χ2n) is 8.29. The molecule has 1 N–H and O–H groups in total. The van der Waals surface area contributed by atoms with Gasteiger partial charge in [-0.3, -0.25) is 0 Å². The summed E-state index contributed by atoms with van der Waals surface area (Å²) < 4.78 is 7.19. The van der Waals surface area contributed by atoms with Crippen molar-refractivity contribution < 1.29 is 4.53 Å². The van der Waals surface area contributed by atoms with Crippen LogP contribution in [0.15, 0.2) is 11.8 Å². The average Bonchev–Trinajstić information content (AvgIpc) is 2.36. The van der Waals surface area contributed by atoms with Crippen LogP contribution in [0.25, 0.3) is 0 Å². The minimum Gasteiger partial charge on any atom is -0.368 e. The van der Waals surface area contributed by atoms with Crippen LogP contribution >= 0.6 is 24.8 Å². The van der Waals surface area contributed by atoms with Gasteiger partial charge in [0.05, 0.1) is 9.74 Å². The van der Waals surface area contributed by atoms with Crippen molar-refractivity contribution in [3.05, 3.63) is 11.8 Å². The second kappa shape index (κ2) is 5.64. The van der Waals surface area contributed by atoms with Crippen LogP contribution in [-0.2, 0) is 4.53 Å². The van der Waals surface area contributed by atoms with E-state index in [9.17, 15) is 0 Å². The van der Waals surface area contributed by atoms with Gasteiger partial charge in [-0.05, 0) is 51.9 Å². The molecule has 0 bridgehead atoms. The fraction of sp³-hybridized carbons (Fsp3) is 0.800. The Morgan fingerprint density at radius 1 is 1.29 bits per heavy atom. The Bertz CT molecular complexity index is 465. The van der Waals surface area contributed by atoms with Crippen LogP contribution in [0.3, 0.4) is 0 Å². The van der Waals surface area contributed by atoms with E-state index in [1.165, 1.54) is 0 Å². The largest absolute Gasteiger partial charge is 0.368 e. The Hall–Kier alpha value is 0.117. The summed E-state index contributed by atoms with van der Waals surface area (Å²) in [6.07, 6.45) is 1.91. The molecule has 1 saturated heterocycles. The molecule has 1 rings (SSSR count). The molecule has 21 heavy (non-hydrogen) atoms. The van der Waals surface area contributed by atoms with Crippen molar-refractivity contribution in [2.24, 2.45) is 0 Å². The van der Waals surface area contributed by atoms with Crippen molar-refractivity contribution in [2.45, 2.75) is 77.8 Å². The van der Waals surface area contributed by atoms with E-state index < -0.39 is 8.32 Å². The monoisotopic (exact) mass is 346 g/mol. The van der Waals surface area contributed by atoms with Crippen molar-refractivity contribution in [1.82, 2.24) is 10.4 Å². The summed E-state index contributed by atoms with van der Waals surface area (Å²) in [5.74, 6) is 0. The molecule has 6 heteroatoms. The van der Waals surface area contributed by atoms with Gasteiger partial charge in [0.1, 0.15) is 5.66 Å². The molecule has 122 valence electrons. The van der Waals surface area contributed by atoms with Crippen LogP contribution in [0, 0.1) is 0 Å². The predicted molar refractivity (Wildman–Crippen MR) is 101 cm³/mol. The lowest BCUT2D eigenvalue weighted by atomic mass is 10.0. The minimum absolute atomic E-state index is 0.157. The first-order valence-corrected chi connectivity index (χ1v) is 11.1. The minimum atomic E-state index is -1.91. The molecule has 1 fully saturated rings. The molecule has 0 amide bonds. The number of rotatable bonds is 3. The van der Waals surface area contributed by atoms with E-state index in [1.807, 2.05) is 6.08 Å². The predicted octanol–water partition coefficient (Wildman–Crippen LogP) is 4.48. The molecule has 0 aromatic rings. The number of nitrogens with zero attached hydrogens (tertiary/aromatic N) is 1. The summed E-state index contributed by atoms with van der Waals surface area (Å²) in [5, 5.41) is 5.79. The summed E-state index contributed by atoms with van der Waals surface area (Å²) in [6, 6.07) is 0. The van der Waals surface area contributed by atoms with Crippen LogP contribution in [0.5, 0.6) is 0 Å². The molecule has 0 atom stereocenters. The third-order valence-corrected chi connectivity index (χ3v) is 9.01. The SMILES string of the molecule is CC1(C)N/C(=C\C(=S)S)C(C)(C)N1O[Si](C)(C)C(C)(C)C. The lowest BCUT2D eigenvalue weighted by molar-refractivity contribution is -0.174. The van der Waals surface area contributed by atoms with Gasteiger partial charge < -0.3 is 9.84 Å². The Balaban J connectivity index is 3.20. The van der Waals surface area contributed by atoms with Gasteiger partial charge in [0.25, 0.3) is 0 Å². The van der Waals surface area contributed by atoms with E-state index in [2.05, 4.69) is 84.6 Å². The molecule has 1 heterocycles. The number of thiocarbonyl (C=S) groups is 1. The van der Waals surface area contributed by atoms with E-state index >= 15 is 0 Å². The van der Waals surface area contributed by atoms with Gasteiger partial charge in [0.2, 0.25) is 8.32 Å². The van der Waals surface area contributed by atoms with Gasteiger partial charge in [-0.2, -0.15) is 5.06 Å². The number of hydroxylamine groups is 2. The molecular weight excluding hydrogens is 316 g/mol. The van der Waals surface area contributed by atoms with E-state index in [4.69, 9.17) is 16.7 Å². The van der Waals surface area contributed by atoms with Crippen LogP contribution < -0.4 is 5.32 Å². The van der Waals surface area contributed by atoms with Crippen molar-refractivity contribution in [2.75, 3.05) is 0 Å². The van der Waals surface area contributed by atoms with Gasteiger partial charge >= 0.3 is 0 Å². The summed E-state index contributed by atoms with van der Waals surface area (Å²) >= 11 is 9.35. The van der Waals surface area contributed by atoms with Gasteiger partial charge in [0.15, 0.2) is 0 Å². The topological polar surface area (TPSA) is 24.5 Å². The van der Waals surface area contributed by atoms with Crippen LogP contribution in [0.2, 0.25) is 18.1 Å². The first-order chi connectivity index (χ1) is 9.11. The molecule has 0 aliphatic carbocycles. The van der Waals surface area contributed by atoms with Crippen LogP contribution in [-0.4, -0.2) is 28.8 Å². The zero-order chi connectivity index (χ0) is 16.9. The van der Waals surface area contributed by atoms with E-state index in [0.29, 0.717) is 4.20 Å². The summed E-state index contributed by atoms with van der Waals surface area (Å²) in [6.45, 7) is 19.9. The van der Waals surface area contributed by atoms with E-state index in [0.717, 1.165) is 5.70 Å². The Labute approximate surface area is 142 Å². The van der Waals surface area contributed by atoms with Crippen LogP contribution in [0.1, 0.15) is 48.5 Å². The molecule has 0 aromatic heterocycles. The fourth-order valence-corrected chi connectivity index (χ4v) is 3.70. The number of nitrogens with one attached hydrogen (secondary N) is 1. The number of hydrogen-bond donors (Lipinski definition) is 2. The molecule has 0 saturated carbocycles. The van der Waals surface area contributed by atoms with Crippen molar-refractivity contribution in [3.8, 4) is 0 Å². The highest BCUT2D eigenvalue weighted by molar-refractivity contribution is 8.11. The maximum atomic E-state index is 6.61. The Morgan fingerprint density at radius 2 is 1.76 bits per heavy atom. The van der Waals surface area contributed by atoms with E-state index in [-0.39, 0.29) is 16.2 Å². The third kappa shape index (κ3) is 3.91. The van der Waals surface area contributed by atoms with Crippen LogP contribution in [0.4, 0.5) is 0 Å². The zero-order valence-electron chi connectivity index (χ0n) is 14.8. The molecule has 1 aliphatic heterocycles. The summed E-state index contributed by atoms with van der Waals surface area (Å²) in [7, 11) is -1.91. The molecule has 3 nitrogen and oxygen atoms in total. The third-order valence-electron chi connectivity index (χ3n) is 4.51. The average molecular weight is 347 g/mol. The Kier molecular flexibility index (Phi) is 5.14. The molecular formula is C15H30N2OS2Si. The first kappa shape index (κ1) is 19.2. The first-order valence-electron chi connectivity index (χ1n) is 7.34. The quantitative estimate of drug-likeness (QED) is 0.340. The summed E-state index contributed by atoms with van der Waals surface area (Å²) in [4.78, 5) is 0. The normalized spacial score (nSPS) is 24.2. The lowest BCUT2D eigenvalue weighted by Crippen LogP contribution is -2.58. The van der Waals surface area contributed by atoms with Crippen molar-refractivity contribution in [1.29, 1.82) is 0 Å². The highest BCUT2D eigenvalue weighted by Crippen LogP contribution is 2.43. The van der Waals surface area contributed by atoms with Gasteiger partial charge in [-0.1, -0.05) is 33.0 Å². The number of thiol groups is 1. The smallest absolute Gasteiger partial charge is 0.220 e. The summed E-state index contributed by atoms with van der Waals surface area (Å²) in [5.41, 5.74) is 0.487. The molecule has 0 unspecified atom stereocenters. The van der Waals surface area contributed by atoms with Crippen molar-refractivity contribution in [3.63, 3.8) is 0 Å². The molecule has 0 spiro atoms. The Morgan fingerprint density at radius 3 is 2.14 bits per heavy atom. The second-order valence-corrected chi connectivity index (χ2v) is 14.2. The highest BCUT2D eigenvalue weighted by Gasteiger charge is 2.53. The van der Waals surface area contributed by atoms with E-state index in [1.54, 1.807) is 0 Å². The maximum absolute atomic E-state index is 6.61. The molecule has 0 radical (unpaired) electrons. The maximum Gasteiger partial charge on any atom is 0.220 e. The highest BCUT2D eigenvalue weighted by atomic mass is 32.1.